The number of ether oxygens (including phenoxy) is 1. The van der Waals surface area contributed by atoms with Gasteiger partial charge in [0.1, 0.15) is 11.4 Å². The largest absolute Gasteiger partial charge is 0.452 e. The van der Waals surface area contributed by atoms with Gasteiger partial charge in [-0.05, 0) is 42.5 Å². The van der Waals surface area contributed by atoms with Crippen molar-refractivity contribution < 1.29 is 14.3 Å². The molecule has 0 saturated carbocycles. The Hall–Kier alpha value is -2.89. The summed E-state index contributed by atoms with van der Waals surface area (Å²) < 4.78 is 5.29. The van der Waals surface area contributed by atoms with Gasteiger partial charge in [-0.3, -0.25) is 4.79 Å². The minimum absolute atomic E-state index is 0.237. The van der Waals surface area contributed by atoms with Crippen LogP contribution in [0.3, 0.4) is 0 Å². The Kier molecular flexibility index (Phi) is 6.63. The third-order valence-electron chi connectivity index (χ3n) is 5.02. The average molecular weight is 381 g/mol. The van der Waals surface area contributed by atoms with Gasteiger partial charge < -0.3 is 14.5 Å². The van der Waals surface area contributed by atoms with E-state index in [0.29, 0.717) is 17.9 Å². The lowest BCUT2D eigenvalue weighted by atomic mass is 10.1. The van der Waals surface area contributed by atoms with E-state index in [1.54, 1.807) is 30.3 Å². The molecule has 1 aliphatic rings. The molecule has 0 spiro atoms. The molecule has 0 atom stereocenters. The first-order chi connectivity index (χ1) is 13.6. The molecule has 2 heterocycles. The number of hydrogen-bond acceptors (Lipinski definition) is 5. The van der Waals surface area contributed by atoms with Crippen LogP contribution in [0.15, 0.2) is 42.6 Å². The number of carbonyl (C=O) groups excluding carboxylic acids is 2. The molecule has 1 amide bonds. The molecule has 28 heavy (non-hydrogen) atoms. The van der Waals surface area contributed by atoms with E-state index in [-0.39, 0.29) is 12.5 Å². The monoisotopic (exact) mass is 381 g/mol. The highest BCUT2D eigenvalue weighted by molar-refractivity contribution is 5.96. The van der Waals surface area contributed by atoms with Gasteiger partial charge in [-0.1, -0.05) is 31.2 Å². The quantitative estimate of drug-likeness (QED) is 0.690. The first kappa shape index (κ1) is 19.9. The summed E-state index contributed by atoms with van der Waals surface area (Å²) in [6.07, 6.45) is 4.84. The summed E-state index contributed by atoms with van der Waals surface area (Å²) in [7, 11) is 1.71. The van der Waals surface area contributed by atoms with E-state index in [9.17, 15) is 9.59 Å². The van der Waals surface area contributed by atoms with Crippen molar-refractivity contribution in [2.24, 2.45) is 0 Å². The van der Waals surface area contributed by atoms with E-state index < -0.39 is 5.97 Å². The second-order valence-corrected chi connectivity index (χ2v) is 7.06. The first-order valence-electron chi connectivity index (χ1n) is 9.77. The third kappa shape index (κ3) is 4.88. The normalized spacial score (nSPS) is 13.4. The molecule has 148 valence electrons. The number of anilines is 1. The molecule has 6 heteroatoms. The van der Waals surface area contributed by atoms with Crippen molar-refractivity contribution in [3.05, 3.63) is 59.3 Å². The number of esters is 1. The van der Waals surface area contributed by atoms with E-state index in [4.69, 9.17) is 4.74 Å². The lowest BCUT2D eigenvalue weighted by Crippen LogP contribution is -2.31. The molecule has 6 nitrogen and oxygen atoms in total. The minimum atomic E-state index is -0.510. The Labute approximate surface area is 166 Å². The van der Waals surface area contributed by atoms with E-state index in [2.05, 4.69) is 28.9 Å². The lowest BCUT2D eigenvalue weighted by Gasteiger charge is -2.20. The molecule has 1 fully saturated rings. The van der Waals surface area contributed by atoms with Crippen LogP contribution in [-0.4, -0.2) is 48.5 Å². The topological polar surface area (TPSA) is 62.7 Å². The lowest BCUT2D eigenvalue weighted by molar-refractivity contribution is -0.133. The standard InChI is InChI=1S/C22H27N3O3/c1-3-17-8-10-18(11-9-17)15-24(2)20(26)16-28-22(27)19-7-6-12-23-21(19)25-13-4-5-14-25/h6-12H,3-5,13-16H2,1-2H3. The number of hydrogen-bond donors (Lipinski definition) is 0. The van der Waals surface area contributed by atoms with Crippen LogP contribution >= 0.6 is 0 Å². The maximum atomic E-state index is 12.5. The first-order valence-corrected chi connectivity index (χ1v) is 9.77. The number of amides is 1. The van der Waals surface area contributed by atoms with Crippen LogP contribution in [0.5, 0.6) is 0 Å². The number of pyridine rings is 1. The highest BCUT2D eigenvalue weighted by Crippen LogP contribution is 2.22. The molecular formula is C22H27N3O3. The summed E-state index contributed by atoms with van der Waals surface area (Å²) >= 11 is 0. The molecule has 0 aliphatic carbocycles. The smallest absolute Gasteiger partial charge is 0.342 e. The third-order valence-corrected chi connectivity index (χ3v) is 5.02. The van der Waals surface area contributed by atoms with Gasteiger partial charge in [-0.25, -0.2) is 9.78 Å². The van der Waals surface area contributed by atoms with Gasteiger partial charge in [0.15, 0.2) is 6.61 Å². The summed E-state index contributed by atoms with van der Waals surface area (Å²) in [5, 5.41) is 0. The van der Waals surface area contributed by atoms with Crippen LogP contribution in [0.2, 0.25) is 0 Å². The van der Waals surface area contributed by atoms with Crippen molar-refractivity contribution in [2.45, 2.75) is 32.7 Å². The molecule has 1 aliphatic heterocycles. The van der Waals surface area contributed by atoms with Crippen LogP contribution in [0.25, 0.3) is 0 Å². The van der Waals surface area contributed by atoms with Gasteiger partial charge >= 0.3 is 5.97 Å². The Morgan fingerprint density at radius 1 is 1.11 bits per heavy atom. The average Bonchev–Trinajstić information content (AvgIpc) is 3.27. The molecule has 0 N–H and O–H groups in total. The molecule has 0 unspecified atom stereocenters. The molecule has 1 aromatic carbocycles. The van der Waals surface area contributed by atoms with Crippen molar-refractivity contribution in [2.75, 3.05) is 31.6 Å². The van der Waals surface area contributed by atoms with Crippen LogP contribution in [0.1, 0.15) is 41.3 Å². The van der Waals surface area contributed by atoms with Crippen LogP contribution in [0.4, 0.5) is 5.82 Å². The summed E-state index contributed by atoms with van der Waals surface area (Å²) in [6.45, 7) is 4.07. The Morgan fingerprint density at radius 2 is 1.79 bits per heavy atom. The zero-order valence-corrected chi connectivity index (χ0v) is 16.6. The van der Waals surface area contributed by atoms with Crippen molar-refractivity contribution in [1.29, 1.82) is 0 Å². The number of benzene rings is 1. The summed E-state index contributed by atoms with van der Waals surface area (Å²) in [4.78, 5) is 32.9. The predicted octanol–water partition coefficient (Wildman–Crippen LogP) is 3.06. The SMILES string of the molecule is CCc1ccc(CN(C)C(=O)COC(=O)c2cccnc2N2CCCC2)cc1. The second kappa shape index (κ2) is 9.35. The maximum Gasteiger partial charge on any atom is 0.342 e. The zero-order valence-electron chi connectivity index (χ0n) is 16.6. The van der Waals surface area contributed by atoms with Crippen LogP contribution in [0, 0.1) is 0 Å². The molecule has 0 radical (unpaired) electrons. The number of likely N-dealkylation sites (N-methyl/N-ethyl adjacent to an activating group) is 1. The molecule has 0 bridgehead atoms. The number of aryl methyl sites for hydroxylation is 1. The second-order valence-electron chi connectivity index (χ2n) is 7.06. The fourth-order valence-corrected chi connectivity index (χ4v) is 3.29. The molecular weight excluding hydrogens is 354 g/mol. The minimum Gasteiger partial charge on any atom is -0.452 e. The summed E-state index contributed by atoms with van der Waals surface area (Å²) in [5.74, 6) is -0.106. The summed E-state index contributed by atoms with van der Waals surface area (Å²) in [5.41, 5.74) is 2.72. The van der Waals surface area contributed by atoms with Crippen LogP contribution < -0.4 is 4.90 Å². The highest BCUT2D eigenvalue weighted by Gasteiger charge is 2.22. The fourth-order valence-electron chi connectivity index (χ4n) is 3.29. The van der Waals surface area contributed by atoms with Crippen molar-refractivity contribution >= 4 is 17.7 Å². The van der Waals surface area contributed by atoms with Crippen molar-refractivity contribution in [1.82, 2.24) is 9.88 Å². The number of nitrogens with zero attached hydrogens (tertiary/aromatic N) is 3. The molecule has 2 aromatic rings. The Morgan fingerprint density at radius 3 is 2.46 bits per heavy atom. The Bertz CT molecular complexity index is 814. The number of rotatable bonds is 7. The fraction of sp³-hybridized carbons (Fsp3) is 0.409. The van der Waals surface area contributed by atoms with Gasteiger partial charge in [-0.2, -0.15) is 0 Å². The highest BCUT2D eigenvalue weighted by atomic mass is 16.5. The predicted molar refractivity (Wildman–Crippen MR) is 108 cm³/mol. The van der Waals surface area contributed by atoms with Gasteiger partial charge in [0, 0.05) is 32.9 Å². The number of carbonyl (C=O) groups is 2. The van der Waals surface area contributed by atoms with Crippen molar-refractivity contribution in [3.8, 4) is 0 Å². The van der Waals surface area contributed by atoms with Gasteiger partial charge in [-0.15, -0.1) is 0 Å². The molecule has 3 rings (SSSR count). The number of aromatic nitrogens is 1. The van der Waals surface area contributed by atoms with E-state index in [1.807, 2.05) is 12.1 Å². The van der Waals surface area contributed by atoms with Gasteiger partial charge in [0.05, 0.1) is 0 Å². The van der Waals surface area contributed by atoms with Gasteiger partial charge in [0.2, 0.25) is 0 Å². The molecule has 1 saturated heterocycles. The molecule has 1 aromatic heterocycles. The van der Waals surface area contributed by atoms with Crippen molar-refractivity contribution in [3.63, 3.8) is 0 Å². The van der Waals surface area contributed by atoms with Crippen LogP contribution in [-0.2, 0) is 22.5 Å². The Balaban J connectivity index is 1.55. The van der Waals surface area contributed by atoms with E-state index in [0.717, 1.165) is 37.9 Å². The summed E-state index contributed by atoms with van der Waals surface area (Å²) in [6, 6.07) is 11.6. The zero-order chi connectivity index (χ0) is 19.9. The van der Waals surface area contributed by atoms with E-state index >= 15 is 0 Å². The maximum absolute atomic E-state index is 12.5. The van der Waals surface area contributed by atoms with Gasteiger partial charge in [0.25, 0.3) is 5.91 Å². The van der Waals surface area contributed by atoms with E-state index in [1.165, 1.54) is 5.56 Å².